The highest BCUT2D eigenvalue weighted by Crippen LogP contribution is 2.18. The molecule has 2 heterocycles. The van der Waals surface area contributed by atoms with Crippen LogP contribution >= 0.6 is 0 Å². The Morgan fingerprint density at radius 2 is 2.21 bits per heavy atom. The van der Waals surface area contributed by atoms with Crippen LogP contribution in [0.1, 0.15) is 10.5 Å². The number of imidazole rings is 1. The Morgan fingerprint density at radius 3 is 2.86 bits per heavy atom. The molecule has 0 fully saturated rings. The van der Waals surface area contributed by atoms with Gasteiger partial charge >= 0.3 is 0 Å². The van der Waals surface area contributed by atoms with Crippen LogP contribution in [0.5, 0.6) is 0 Å². The van der Waals surface area contributed by atoms with Gasteiger partial charge in [-0.25, -0.2) is 4.57 Å². The van der Waals surface area contributed by atoms with Crippen LogP contribution in [-0.2, 0) is 14.1 Å². The molecule has 0 aromatic carbocycles. The predicted octanol–water partition coefficient (Wildman–Crippen LogP) is -1.41. The lowest BCUT2D eigenvalue weighted by Gasteiger charge is -2.26. The number of anilines is 1. The van der Waals surface area contributed by atoms with Crippen molar-refractivity contribution in [3.05, 3.63) is 12.0 Å². The van der Waals surface area contributed by atoms with E-state index in [1.54, 1.807) is 11.6 Å². The van der Waals surface area contributed by atoms with Gasteiger partial charge in [-0.3, -0.25) is 25.3 Å². The van der Waals surface area contributed by atoms with E-state index < -0.39 is 6.29 Å². The van der Waals surface area contributed by atoms with Gasteiger partial charge in [0.15, 0.2) is 6.33 Å². The predicted molar refractivity (Wildman–Crippen MR) is 50.3 cm³/mol. The molecule has 3 N–H and O–H groups in total. The lowest BCUT2D eigenvalue weighted by molar-refractivity contribution is -0.657. The molecular formula is C8H14N5O+. The quantitative estimate of drug-likeness (QED) is 0.501. The first kappa shape index (κ1) is 9.01. The summed E-state index contributed by atoms with van der Waals surface area (Å²) < 4.78 is 3.63. The van der Waals surface area contributed by atoms with E-state index in [4.69, 9.17) is 5.73 Å². The minimum atomic E-state index is -0.455. The van der Waals surface area contributed by atoms with E-state index in [2.05, 4.69) is 5.32 Å². The van der Waals surface area contributed by atoms with Crippen LogP contribution in [0.25, 0.3) is 0 Å². The number of nitrogens with one attached hydrogen (secondary N) is 1. The molecule has 0 aliphatic carbocycles. The van der Waals surface area contributed by atoms with Crippen molar-refractivity contribution in [1.82, 2.24) is 9.47 Å². The molecule has 1 unspecified atom stereocenters. The van der Waals surface area contributed by atoms with Gasteiger partial charge in [-0.2, -0.15) is 0 Å². The Hall–Kier alpha value is -1.56. The molecule has 2 rings (SSSR count). The van der Waals surface area contributed by atoms with Gasteiger partial charge in [0.1, 0.15) is 0 Å². The molecule has 1 atom stereocenters. The zero-order chi connectivity index (χ0) is 10.5. The summed E-state index contributed by atoms with van der Waals surface area (Å²) >= 11 is 0. The van der Waals surface area contributed by atoms with Crippen molar-refractivity contribution in [3.8, 4) is 0 Å². The van der Waals surface area contributed by atoms with Gasteiger partial charge in [-0.1, -0.05) is 0 Å². The van der Waals surface area contributed by atoms with Crippen molar-refractivity contribution < 1.29 is 9.36 Å². The second-order valence-corrected chi connectivity index (χ2v) is 3.54. The summed E-state index contributed by atoms with van der Waals surface area (Å²) in [4.78, 5) is 13.3. The smallest absolute Gasteiger partial charge is 0.294 e. The van der Waals surface area contributed by atoms with Gasteiger partial charge in [0.25, 0.3) is 11.7 Å². The fourth-order valence-electron chi connectivity index (χ4n) is 1.66. The van der Waals surface area contributed by atoms with E-state index in [0.29, 0.717) is 5.69 Å². The normalized spacial score (nSPS) is 20.7. The standard InChI is InChI=1S/C8H13N5O/c1-11-4-12(2)6-5(11)7(14)13(3)8(9)10-6/h4,8H,9H2,1-3H3/p+1. The lowest BCUT2D eigenvalue weighted by Crippen LogP contribution is -2.54. The van der Waals surface area contributed by atoms with Crippen LogP contribution in [0, 0.1) is 0 Å². The molecule has 6 nitrogen and oxygen atoms in total. The molecular weight excluding hydrogens is 182 g/mol. The van der Waals surface area contributed by atoms with Crippen LogP contribution in [0.3, 0.4) is 0 Å². The molecule has 0 saturated heterocycles. The second-order valence-electron chi connectivity index (χ2n) is 3.54. The van der Waals surface area contributed by atoms with Crippen molar-refractivity contribution in [1.29, 1.82) is 0 Å². The monoisotopic (exact) mass is 196 g/mol. The van der Waals surface area contributed by atoms with Gasteiger partial charge in [0.2, 0.25) is 12.0 Å². The van der Waals surface area contributed by atoms with E-state index in [-0.39, 0.29) is 5.91 Å². The molecule has 1 aromatic heterocycles. The number of hydrogen-bond acceptors (Lipinski definition) is 3. The first-order valence-electron chi connectivity index (χ1n) is 4.36. The lowest BCUT2D eigenvalue weighted by atomic mass is 10.3. The SMILES string of the molecule is CN1C(=O)c2c([n+](C)cn2C)NC1N. The number of carbonyl (C=O) groups excluding carboxylic acids is 1. The summed E-state index contributed by atoms with van der Waals surface area (Å²) in [6.45, 7) is 0. The fraction of sp³-hybridized carbons (Fsp3) is 0.500. The number of carbonyl (C=O) groups is 1. The van der Waals surface area contributed by atoms with Gasteiger partial charge in [0.05, 0.1) is 14.1 Å². The Balaban J connectivity index is 2.59. The molecule has 0 saturated carbocycles. The maximum Gasteiger partial charge on any atom is 0.296 e. The number of hydrogen-bond donors (Lipinski definition) is 2. The summed E-state index contributed by atoms with van der Waals surface area (Å²) in [5.74, 6) is 0.706. The van der Waals surface area contributed by atoms with E-state index in [9.17, 15) is 4.79 Å². The van der Waals surface area contributed by atoms with Crippen LogP contribution in [0.15, 0.2) is 6.33 Å². The summed E-state index contributed by atoms with van der Waals surface area (Å²) in [6.07, 6.45) is 1.38. The number of aromatic nitrogens is 2. The van der Waals surface area contributed by atoms with Gasteiger partial charge in [-0.05, 0) is 0 Å². The highest BCUT2D eigenvalue weighted by atomic mass is 16.2. The zero-order valence-corrected chi connectivity index (χ0v) is 8.48. The molecule has 6 heteroatoms. The number of rotatable bonds is 0. The molecule has 0 bridgehead atoms. The highest BCUT2D eigenvalue weighted by molar-refractivity contribution is 5.98. The van der Waals surface area contributed by atoms with Crippen molar-refractivity contribution in [2.75, 3.05) is 12.4 Å². The van der Waals surface area contributed by atoms with Crippen LogP contribution in [0.4, 0.5) is 5.82 Å². The summed E-state index contributed by atoms with van der Waals surface area (Å²) in [6, 6.07) is 0. The topological polar surface area (TPSA) is 67.2 Å². The maximum absolute atomic E-state index is 11.8. The number of nitrogens with two attached hydrogens (primary N) is 1. The minimum Gasteiger partial charge on any atom is -0.294 e. The highest BCUT2D eigenvalue weighted by Gasteiger charge is 2.36. The average molecular weight is 196 g/mol. The van der Waals surface area contributed by atoms with Gasteiger partial charge in [-0.15, -0.1) is 0 Å². The third-order valence-electron chi connectivity index (χ3n) is 2.50. The molecule has 1 aliphatic heterocycles. The molecule has 0 radical (unpaired) electrons. The van der Waals surface area contributed by atoms with Gasteiger partial charge in [0, 0.05) is 7.05 Å². The molecule has 1 aliphatic rings. The molecule has 0 spiro atoms. The second kappa shape index (κ2) is 2.71. The third-order valence-corrected chi connectivity index (χ3v) is 2.50. The summed E-state index contributed by atoms with van der Waals surface area (Å²) in [5, 5.41) is 3.05. The molecule has 1 aromatic rings. The zero-order valence-electron chi connectivity index (χ0n) is 8.48. The number of amides is 1. The summed E-state index contributed by atoms with van der Waals surface area (Å²) in [7, 11) is 5.39. The minimum absolute atomic E-state index is 0.0608. The number of nitrogens with zero attached hydrogens (tertiary/aromatic N) is 3. The Morgan fingerprint density at radius 1 is 1.57 bits per heavy atom. The summed E-state index contributed by atoms with van der Waals surface area (Å²) in [5.41, 5.74) is 6.37. The van der Waals surface area contributed by atoms with Crippen molar-refractivity contribution in [2.24, 2.45) is 19.8 Å². The number of aryl methyl sites for hydroxylation is 2. The van der Waals surface area contributed by atoms with E-state index >= 15 is 0 Å². The van der Waals surface area contributed by atoms with Crippen molar-refractivity contribution >= 4 is 11.7 Å². The Kier molecular flexibility index (Phi) is 1.75. The molecule has 1 amide bonds. The Bertz CT molecular complexity index is 397. The van der Waals surface area contributed by atoms with E-state index in [0.717, 1.165) is 5.82 Å². The van der Waals surface area contributed by atoms with Crippen LogP contribution < -0.4 is 15.6 Å². The maximum atomic E-state index is 11.8. The average Bonchev–Trinajstić information content (AvgIpc) is 2.38. The van der Waals surface area contributed by atoms with E-state index in [1.165, 1.54) is 4.90 Å². The van der Waals surface area contributed by atoms with Crippen molar-refractivity contribution in [2.45, 2.75) is 6.29 Å². The third kappa shape index (κ3) is 1.00. The molecule has 76 valence electrons. The van der Waals surface area contributed by atoms with Crippen LogP contribution in [0.2, 0.25) is 0 Å². The Labute approximate surface area is 81.9 Å². The van der Waals surface area contributed by atoms with Crippen LogP contribution in [-0.4, -0.2) is 28.7 Å². The van der Waals surface area contributed by atoms with E-state index in [1.807, 2.05) is 25.0 Å². The first-order chi connectivity index (χ1) is 6.52. The van der Waals surface area contributed by atoms with Crippen molar-refractivity contribution in [3.63, 3.8) is 0 Å². The largest absolute Gasteiger partial charge is 0.296 e. The fourth-order valence-corrected chi connectivity index (χ4v) is 1.66. The number of fused-ring (bicyclic) bond motifs is 1. The molecule has 14 heavy (non-hydrogen) atoms. The van der Waals surface area contributed by atoms with Gasteiger partial charge < -0.3 is 0 Å². The first-order valence-corrected chi connectivity index (χ1v) is 4.36.